The summed E-state index contributed by atoms with van der Waals surface area (Å²) >= 11 is 0.854. The van der Waals surface area contributed by atoms with Gasteiger partial charge in [-0.3, -0.25) is 0 Å². The summed E-state index contributed by atoms with van der Waals surface area (Å²) in [5.74, 6) is -1.53. The summed E-state index contributed by atoms with van der Waals surface area (Å²) in [5, 5.41) is 10.5. The molecule has 118 valence electrons. The lowest BCUT2D eigenvalue weighted by atomic mass is 10.1. The molecule has 0 radical (unpaired) electrons. The number of thiophene rings is 1. The molecule has 1 fully saturated rings. The van der Waals surface area contributed by atoms with Gasteiger partial charge in [-0.25, -0.2) is 26.4 Å². The SMILES string of the molecule is Cc1csc(C(=O)O)c1S(=O)(=O)NCC1CCS(=O)(=O)C1. The van der Waals surface area contributed by atoms with Gasteiger partial charge in [0.05, 0.1) is 11.5 Å². The molecule has 10 heteroatoms. The van der Waals surface area contributed by atoms with Gasteiger partial charge in [-0.2, -0.15) is 0 Å². The molecule has 0 amide bonds. The van der Waals surface area contributed by atoms with Crippen LogP contribution in [0.3, 0.4) is 0 Å². The number of hydrogen-bond acceptors (Lipinski definition) is 6. The molecule has 7 nitrogen and oxygen atoms in total. The first kappa shape index (κ1) is 16.4. The highest BCUT2D eigenvalue weighted by molar-refractivity contribution is 7.91. The van der Waals surface area contributed by atoms with E-state index >= 15 is 0 Å². The van der Waals surface area contributed by atoms with Crippen molar-refractivity contribution in [2.45, 2.75) is 18.2 Å². The molecule has 0 aromatic carbocycles. The summed E-state index contributed by atoms with van der Waals surface area (Å²) in [6.45, 7) is 1.52. The van der Waals surface area contributed by atoms with Crippen LogP contribution in [0.5, 0.6) is 0 Å². The Hall–Kier alpha value is -0.970. The predicted molar refractivity (Wildman–Crippen MR) is 78.0 cm³/mol. The molecule has 1 aliphatic heterocycles. The third-order valence-corrected chi connectivity index (χ3v) is 7.93. The minimum absolute atomic E-state index is 0.00406. The Morgan fingerprint density at radius 1 is 1.52 bits per heavy atom. The lowest BCUT2D eigenvalue weighted by molar-refractivity contribution is 0.0698. The van der Waals surface area contributed by atoms with Crippen molar-refractivity contribution in [2.75, 3.05) is 18.1 Å². The third-order valence-electron chi connectivity index (χ3n) is 3.27. The Labute approximate surface area is 127 Å². The van der Waals surface area contributed by atoms with Crippen molar-refractivity contribution in [3.63, 3.8) is 0 Å². The molecule has 1 aliphatic rings. The van der Waals surface area contributed by atoms with Gasteiger partial charge < -0.3 is 5.11 Å². The van der Waals surface area contributed by atoms with Crippen molar-refractivity contribution >= 4 is 37.2 Å². The van der Waals surface area contributed by atoms with Crippen LogP contribution in [-0.4, -0.2) is 46.0 Å². The quantitative estimate of drug-likeness (QED) is 0.794. The summed E-state index contributed by atoms with van der Waals surface area (Å²) < 4.78 is 49.5. The highest BCUT2D eigenvalue weighted by atomic mass is 32.2. The van der Waals surface area contributed by atoms with E-state index in [1.807, 2.05) is 0 Å². The molecular weight excluding hydrogens is 338 g/mol. The molecule has 0 spiro atoms. The molecule has 1 unspecified atom stereocenters. The molecule has 1 atom stereocenters. The van der Waals surface area contributed by atoms with Gasteiger partial charge in [0.1, 0.15) is 9.77 Å². The van der Waals surface area contributed by atoms with E-state index in [1.165, 1.54) is 12.3 Å². The minimum atomic E-state index is -3.96. The van der Waals surface area contributed by atoms with Crippen molar-refractivity contribution in [1.82, 2.24) is 4.72 Å². The van der Waals surface area contributed by atoms with Gasteiger partial charge in [0.2, 0.25) is 10.0 Å². The lowest BCUT2D eigenvalue weighted by Gasteiger charge is -2.11. The number of nitrogens with one attached hydrogen (secondary N) is 1. The fourth-order valence-corrected chi connectivity index (χ4v) is 6.85. The first-order chi connectivity index (χ1) is 9.62. The van der Waals surface area contributed by atoms with Crippen LogP contribution in [0.25, 0.3) is 0 Å². The highest BCUT2D eigenvalue weighted by Gasteiger charge is 2.31. The van der Waals surface area contributed by atoms with Crippen LogP contribution in [0.4, 0.5) is 0 Å². The van der Waals surface area contributed by atoms with Crippen LogP contribution in [0.2, 0.25) is 0 Å². The first-order valence-corrected chi connectivity index (χ1v) is 10.3. The van der Waals surface area contributed by atoms with Gasteiger partial charge in [-0.1, -0.05) is 0 Å². The normalized spacial score (nSPS) is 21.5. The van der Waals surface area contributed by atoms with Crippen molar-refractivity contribution in [2.24, 2.45) is 5.92 Å². The van der Waals surface area contributed by atoms with E-state index in [0.29, 0.717) is 12.0 Å². The molecule has 2 heterocycles. The van der Waals surface area contributed by atoms with Crippen LogP contribution in [0.15, 0.2) is 10.3 Å². The van der Waals surface area contributed by atoms with Crippen LogP contribution in [-0.2, 0) is 19.9 Å². The van der Waals surface area contributed by atoms with Gasteiger partial charge in [0.15, 0.2) is 9.84 Å². The summed E-state index contributed by atoms with van der Waals surface area (Å²) in [5.41, 5.74) is 0.365. The molecule has 21 heavy (non-hydrogen) atoms. The number of hydrogen-bond donors (Lipinski definition) is 2. The predicted octanol–water partition coefficient (Wildman–Crippen LogP) is 0.468. The molecule has 1 saturated heterocycles. The Morgan fingerprint density at radius 3 is 2.71 bits per heavy atom. The number of carbonyl (C=O) groups is 1. The number of carboxylic acid groups (broad SMARTS) is 1. The first-order valence-electron chi connectivity index (χ1n) is 6.14. The second kappa shape index (κ2) is 5.67. The Kier molecular flexibility index (Phi) is 4.43. The number of rotatable bonds is 5. The molecule has 0 saturated carbocycles. The number of sulfonamides is 1. The molecule has 1 aromatic rings. The van der Waals surface area contributed by atoms with Gasteiger partial charge in [-0.05, 0) is 30.2 Å². The second-order valence-electron chi connectivity index (χ2n) is 5.00. The summed E-state index contributed by atoms with van der Waals surface area (Å²) in [4.78, 5) is 10.6. The molecule has 0 aliphatic carbocycles. The Morgan fingerprint density at radius 2 is 2.19 bits per heavy atom. The molecule has 2 rings (SSSR count). The Balaban J connectivity index is 2.16. The Bertz CT molecular complexity index is 762. The van der Waals surface area contributed by atoms with Gasteiger partial charge in [0, 0.05) is 6.54 Å². The van der Waals surface area contributed by atoms with E-state index < -0.39 is 25.8 Å². The average molecular weight is 353 g/mol. The van der Waals surface area contributed by atoms with Crippen molar-refractivity contribution in [3.05, 3.63) is 15.8 Å². The van der Waals surface area contributed by atoms with Crippen molar-refractivity contribution in [1.29, 1.82) is 0 Å². The van der Waals surface area contributed by atoms with E-state index in [0.717, 1.165) is 11.3 Å². The topological polar surface area (TPSA) is 118 Å². The maximum Gasteiger partial charge on any atom is 0.347 e. The summed E-state index contributed by atoms with van der Waals surface area (Å²) in [6.07, 6.45) is 0.416. The van der Waals surface area contributed by atoms with Crippen LogP contribution < -0.4 is 4.72 Å². The number of carboxylic acids is 1. The minimum Gasteiger partial charge on any atom is -0.477 e. The van der Waals surface area contributed by atoms with E-state index in [2.05, 4.69) is 4.72 Å². The lowest BCUT2D eigenvalue weighted by Crippen LogP contribution is -2.31. The van der Waals surface area contributed by atoms with Crippen molar-refractivity contribution in [3.8, 4) is 0 Å². The highest BCUT2D eigenvalue weighted by Crippen LogP contribution is 2.27. The molecular formula is C11H15NO6S3. The van der Waals surface area contributed by atoms with Crippen molar-refractivity contribution < 1.29 is 26.7 Å². The van der Waals surface area contributed by atoms with Gasteiger partial charge in [-0.15, -0.1) is 11.3 Å². The maximum atomic E-state index is 12.2. The fourth-order valence-electron chi connectivity index (χ4n) is 2.25. The van der Waals surface area contributed by atoms with E-state index in [1.54, 1.807) is 0 Å². The number of aromatic carboxylic acids is 1. The zero-order chi connectivity index (χ0) is 15.8. The molecule has 2 N–H and O–H groups in total. The largest absolute Gasteiger partial charge is 0.477 e. The number of sulfone groups is 1. The van der Waals surface area contributed by atoms with Crippen LogP contribution >= 0.6 is 11.3 Å². The van der Waals surface area contributed by atoms with E-state index in [4.69, 9.17) is 5.11 Å². The smallest absolute Gasteiger partial charge is 0.347 e. The van der Waals surface area contributed by atoms with Gasteiger partial charge >= 0.3 is 5.97 Å². The average Bonchev–Trinajstić information content (AvgIpc) is 2.90. The summed E-state index contributed by atoms with van der Waals surface area (Å²) in [7, 11) is -7.04. The summed E-state index contributed by atoms with van der Waals surface area (Å²) in [6, 6.07) is 0. The maximum absolute atomic E-state index is 12.2. The second-order valence-corrected chi connectivity index (χ2v) is 9.82. The monoisotopic (exact) mass is 353 g/mol. The van der Waals surface area contributed by atoms with Crippen LogP contribution in [0.1, 0.15) is 21.7 Å². The molecule has 1 aromatic heterocycles. The van der Waals surface area contributed by atoms with E-state index in [-0.39, 0.29) is 33.7 Å². The zero-order valence-electron chi connectivity index (χ0n) is 11.2. The fraction of sp³-hybridized carbons (Fsp3) is 0.545. The standard InChI is InChI=1S/C11H15NO6S3/c1-7-5-19-9(11(13)14)10(7)21(17,18)12-4-8-2-3-20(15,16)6-8/h5,8,12H,2-4,6H2,1H3,(H,13,14). The van der Waals surface area contributed by atoms with Crippen LogP contribution in [0, 0.1) is 12.8 Å². The third kappa shape index (κ3) is 3.62. The molecule has 0 bridgehead atoms. The van der Waals surface area contributed by atoms with E-state index in [9.17, 15) is 21.6 Å². The number of aryl methyl sites for hydroxylation is 1. The van der Waals surface area contributed by atoms with Gasteiger partial charge in [0.25, 0.3) is 0 Å². The zero-order valence-corrected chi connectivity index (χ0v) is 13.6.